The highest BCUT2D eigenvalue weighted by atomic mass is 35.5. The fraction of sp³-hybridized carbons (Fsp3) is 0.0500. The first-order valence-electron chi connectivity index (χ1n) is 8.24. The van der Waals surface area contributed by atoms with Crippen LogP contribution < -0.4 is 15.0 Å². The summed E-state index contributed by atoms with van der Waals surface area (Å²) in [4.78, 5) is 2.06. The Bertz CT molecular complexity index is 932. The number of hydrogen-bond donors (Lipinski definition) is 0. The van der Waals surface area contributed by atoms with Gasteiger partial charge in [-0.2, -0.15) is 0 Å². The van der Waals surface area contributed by atoms with Crippen molar-refractivity contribution >= 4 is 35.6 Å². The van der Waals surface area contributed by atoms with Crippen molar-refractivity contribution in [1.82, 2.24) is 0 Å². The topological polar surface area (TPSA) is 34.1 Å². The Morgan fingerprint density at radius 2 is 1.73 bits per heavy atom. The summed E-state index contributed by atoms with van der Waals surface area (Å²) in [7, 11) is 1.30. The maximum atomic E-state index is 6.03. The van der Waals surface area contributed by atoms with Gasteiger partial charge in [-0.1, -0.05) is 53.2 Å². The van der Waals surface area contributed by atoms with E-state index in [0.717, 1.165) is 28.3 Å². The normalized spacial score (nSPS) is 13.4. The molecular formula is C20H16BClN2O2. The fourth-order valence-corrected chi connectivity index (χ4v) is 3.06. The van der Waals surface area contributed by atoms with E-state index in [2.05, 4.69) is 9.97 Å². The molecule has 4 nitrogen and oxygen atoms in total. The summed E-state index contributed by atoms with van der Waals surface area (Å²) in [6.45, 7) is 0. The van der Waals surface area contributed by atoms with E-state index in [1.54, 1.807) is 7.11 Å². The minimum absolute atomic E-state index is 0.353. The van der Waals surface area contributed by atoms with E-state index in [0.29, 0.717) is 5.02 Å². The number of nitrogens with zero attached hydrogens (tertiary/aromatic N) is 2. The molecule has 0 aliphatic carbocycles. The van der Waals surface area contributed by atoms with Gasteiger partial charge >= 0.3 is 7.05 Å². The molecule has 1 aliphatic heterocycles. The largest absolute Gasteiger partial charge is 0.550 e. The van der Waals surface area contributed by atoms with Crippen LogP contribution in [0.15, 0.2) is 84.0 Å². The van der Waals surface area contributed by atoms with E-state index < -0.39 is 0 Å². The molecular weight excluding hydrogens is 346 g/mol. The summed E-state index contributed by atoms with van der Waals surface area (Å²) < 4.78 is 11.2. The third-order valence-electron chi connectivity index (χ3n) is 4.22. The molecule has 0 fully saturated rings. The maximum absolute atomic E-state index is 6.03. The van der Waals surface area contributed by atoms with Crippen molar-refractivity contribution in [3.63, 3.8) is 0 Å². The van der Waals surface area contributed by atoms with Crippen LogP contribution in [0, 0.1) is 0 Å². The quantitative estimate of drug-likeness (QED) is 0.659. The molecule has 0 N–H and O–H groups in total. The van der Waals surface area contributed by atoms with Crippen molar-refractivity contribution < 1.29 is 9.49 Å². The number of benzene rings is 3. The van der Waals surface area contributed by atoms with Gasteiger partial charge in [0.05, 0.1) is 7.11 Å². The van der Waals surface area contributed by atoms with Crippen molar-refractivity contribution in [2.75, 3.05) is 11.9 Å². The zero-order valence-electron chi connectivity index (χ0n) is 14.2. The van der Waals surface area contributed by atoms with Crippen LogP contribution >= 0.6 is 11.6 Å². The fourth-order valence-electron chi connectivity index (χ4n) is 2.94. The number of methoxy groups -OCH3 is 1. The minimum Gasteiger partial charge on any atom is -0.497 e. The van der Waals surface area contributed by atoms with Crippen LogP contribution in [0.1, 0.15) is 5.56 Å². The summed E-state index contributed by atoms with van der Waals surface area (Å²) in [5, 5.41) is 5.05. The number of hydrogen-bond acceptors (Lipinski definition) is 4. The molecule has 0 bridgehead atoms. The molecule has 0 unspecified atom stereocenters. The number of ether oxygens (including phenoxy) is 1. The number of rotatable bonds is 4. The number of halogens is 1. The van der Waals surface area contributed by atoms with E-state index in [1.165, 1.54) is 0 Å². The number of oxime groups is 1. The second-order valence-corrected chi connectivity index (χ2v) is 6.30. The van der Waals surface area contributed by atoms with Gasteiger partial charge in [0.2, 0.25) is 0 Å². The van der Waals surface area contributed by atoms with Crippen LogP contribution in [0.3, 0.4) is 0 Å². The first-order valence-corrected chi connectivity index (χ1v) is 8.62. The van der Waals surface area contributed by atoms with Crippen LogP contribution in [0.2, 0.25) is 5.02 Å². The van der Waals surface area contributed by atoms with E-state index in [4.69, 9.17) is 21.1 Å². The van der Waals surface area contributed by atoms with Crippen LogP contribution in [-0.2, 0) is 4.76 Å². The molecule has 0 saturated heterocycles. The smallest absolute Gasteiger partial charge is 0.497 e. The molecule has 0 aromatic heterocycles. The Kier molecular flexibility index (Phi) is 4.54. The molecule has 6 heteroatoms. The monoisotopic (exact) mass is 362 g/mol. The molecule has 0 saturated carbocycles. The first kappa shape index (κ1) is 16.5. The zero-order chi connectivity index (χ0) is 17.9. The lowest BCUT2D eigenvalue weighted by Gasteiger charge is -2.23. The Hall–Kier alpha value is -2.92. The molecule has 26 heavy (non-hydrogen) atoms. The van der Waals surface area contributed by atoms with Gasteiger partial charge in [-0.15, -0.1) is 0 Å². The van der Waals surface area contributed by atoms with Crippen LogP contribution in [0.25, 0.3) is 0 Å². The Morgan fingerprint density at radius 3 is 2.46 bits per heavy atom. The first-order chi connectivity index (χ1) is 12.8. The molecule has 0 atom stereocenters. The van der Waals surface area contributed by atoms with Crippen molar-refractivity contribution in [3.8, 4) is 5.75 Å². The summed E-state index contributed by atoms with van der Waals surface area (Å²) in [5.41, 5.74) is 2.88. The van der Waals surface area contributed by atoms with Gasteiger partial charge in [0.25, 0.3) is 0 Å². The van der Waals surface area contributed by atoms with Crippen LogP contribution in [-0.4, -0.2) is 20.0 Å². The lowest BCUT2D eigenvalue weighted by molar-refractivity contribution is 0.367. The van der Waals surface area contributed by atoms with Crippen LogP contribution in [0.4, 0.5) is 5.69 Å². The van der Waals surface area contributed by atoms with E-state index in [1.807, 2.05) is 78.9 Å². The molecule has 1 aliphatic rings. The molecule has 0 amide bonds. The third-order valence-corrected chi connectivity index (χ3v) is 4.47. The van der Waals surface area contributed by atoms with Gasteiger partial charge < -0.3 is 14.3 Å². The lowest BCUT2D eigenvalue weighted by atomic mass is 9.71. The summed E-state index contributed by atoms with van der Waals surface area (Å²) in [6, 6.07) is 25.4. The van der Waals surface area contributed by atoms with Crippen molar-refractivity contribution in [2.24, 2.45) is 5.16 Å². The van der Waals surface area contributed by atoms with E-state index in [9.17, 15) is 0 Å². The molecule has 0 spiro atoms. The summed E-state index contributed by atoms with van der Waals surface area (Å²) in [5.74, 6) is 1.50. The SMILES string of the molecule is COc1cccc(N2B(c3ccccc3)ON=C2c2ccc(Cl)cc2)c1. The number of amidine groups is 1. The van der Waals surface area contributed by atoms with Crippen molar-refractivity contribution in [1.29, 1.82) is 0 Å². The number of anilines is 1. The molecule has 0 radical (unpaired) electrons. The minimum atomic E-state index is -0.353. The Labute approximate surface area is 157 Å². The highest BCUT2D eigenvalue weighted by molar-refractivity contribution is 6.76. The second kappa shape index (κ2) is 7.14. The van der Waals surface area contributed by atoms with Gasteiger partial charge in [-0.05, 0) is 41.9 Å². The van der Waals surface area contributed by atoms with Gasteiger partial charge in [-0.3, -0.25) is 0 Å². The van der Waals surface area contributed by atoms with Gasteiger partial charge in [0.15, 0.2) is 5.84 Å². The van der Waals surface area contributed by atoms with Gasteiger partial charge in [-0.25, -0.2) is 0 Å². The predicted octanol–water partition coefficient (Wildman–Crippen LogP) is 3.94. The zero-order valence-corrected chi connectivity index (χ0v) is 14.9. The summed E-state index contributed by atoms with van der Waals surface area (Å²) in [6.07, 6.45) is 0. The van der Waals surface area contributed by atoms with Crippen molar-refractivity contribution in [2.45, 2.75) is 0 Å². The Morgan fingerprint density at radius 1 is 0.962 bits per heavy atom. The molecule has 3 aromatic rings. The summed E-state index contributed by atoms with van der Waals surface area (Å²) >= 11 is 6.03. The standard InChI is InChI=1S/C20H16BClN2O2/c1-25-19-9-5-8-18(14-19)24-20(15-10-12-17(22)13-11-15)23-26-21(24)16-6-3-2-4-7-16/h2-14H,1H3. The molecule has 4 rings (SSSR count). The second-order valence-electron chi connectivity index (χ2n) is 5.86. The molecule has 1 heterocycles. The highest BCUT2D eigenvalue weighted by Crippen LogP contribution is 2.28. The van der Waals surface area contributed by atoms with Crippen molar-refractivity contribution in [3.05, 3.63) is 89.4 Å². The van der Waals surface area contributed by atoms with E-state index in [-0.39, 0.29) is 7.05 Å². The molecule has 3 aromatic carbocycles. The third kappa shape index (κ3) is 3.14. The maximum Gasteiger partial charge on any atom is 0.550 e. The molecule has 128 valence electrons. The van der Waals surface area contributed by atoms with Crippen LogP contribution in [0.5, 0.6) is 5.75 Å². The average molecular weight is 363 g/mol. The van der Waals surface area contributed by atoms with Gasteiger partial charge in [0.1, 0.15) is 5.75 Å². The lowest BCUT2D eigenvalue weighted by Crippen LogP contribution is -2.49. The van der Waals surface area contributed by atoms with Gasteiger partial charge in [0, 0.05) is 22.3 Å². The average Bonchev–Trinajstić information content (AvgIpc) is 3.14. The predicted molar refractivity (Wildman–Crippen MR) is 106 cm³/mol. The Balaban J connectivity index is 1.79. The highest BCUT2D eigenvalue weighted by Gasteiger charge is 2.40. The van der Waals surface area contributed by atoms with E-state index >= 15 is 0 Å².